The van der Waals surface area contributed by atoms with Crippen molar-refractivity contribution in [2.75, 3.05) is 7.11 Å². The number of hydrogen-bond acceptors (Lipinski definition) is 7. The third-order valence-electron chi connectivity index (χ3n) is 3.86. The maximum atomic E-state index is 12.6. The van der Waals surface area contributed by atoms with Crippen LogP contribution >= 0.6 is 11.3 Å². The predicted molar refractivity (Wildman–Crippen MR) is 105 cm³/mol. The van der Waals surface area contributed by atoms with Gasteiger partial charge in [0.05, 0.1) is 17.7 Å². The van der Waals surface area contributed by atoms with E-state index in [1.165, 1.54) is 30.6 Å². The number of hydrogen-bond donors (Lipinski definition) is 0. The standard InChI is InChI=1S/C19H15N3O4S2/c1-25-15-9-11-16(12-10-15)28(23,24)26-19-20-18(17-8-5-13-27-17)22(21-19)14-6-3-2-4-7-14/h2-13H,1H3. The van der Waals surface area contributed by atoms with E-state index in [1.54, 1.807) is 16.8 Å². The van der Waals surface area contributed by atoms with E-state index >= 15 is 0 Å². The van der Waals surface area contributed by atoms with Crippen LogP contribution in [0.25, 0.3) is 16.4 Å². The average Bonchev–Trinajstić information content (AvgIpc) is 3.38. The Balaban J connectivity index is 1.72. The van der Waals surface area contributed by atoms with Gasteiger partial charge in [0, 0.05) is 0 Å². The van der Waals surface area contributed by atoms with Crippen molar-refractivity contribution in [2.24, 2.45) is 0 Å². The molecule has 0 fully saturated rings. The Kier molecular flexibility index (Phi) is 4.84. The van der Waals surface area contributed by atoms with Crippen molar-refractivity contribution in [1.82, 2.24) is 14.8 Å². The van der Waals surface area contributed by atoms with E-state index in [0.29, 0.717) is 11.6 Å². The van der Waals surface area contributed by atoms with Crippen LogP contribution in [0.2, 0.25) is 0 Å². The van der Waals surface area contributed by atoms with E-state index in [2.05, 4.69) is 10.1 Å². The van der Waals surface area contributed by atoms with Gasteiger partial charge in [-0.15, -0.1) is 16.4 Å². The number of ether oxygens (including phenoxy) is 1. The summed E-state index contributed by atoms with van der Waals surface area (Å²) in [5, 5.41) is 6.18. The van der Waals surface area contributed by atoms with Gasteiger partial charge in [0.15, 0.2) is 5.82 Å². The van der Waals surface area contributed by atoms with Gasteiger partial charge in [-0.05, 0) is 47.8 Å². The Morgan fingerprint density at radius 2 is 1.71 bits per heavy atom. The molecule has 0 N–H and O–H groups in total. The number of benzene rings is 2. The summed E-state index contributed by atoms with van der Waals surface area (Å²) in [6.45, 7) is 0. The molecule has 2 heterocycles. The Hall–Kier alpha value is -3.17. The van der Waals surface area contributed by atoms with Gasteiger partial charge in [-0.25, -0.2) is 4.68 Å². The molecule has 0 bridgehead atoms. The van der Waals surface area contributed by atoms with Gasteiger partial charge in [0.1, 0.15) is 10.6 Å². The van der Waals surface area contributed by atoms with Gasteiger partial charge >= 0.3 is 16.1 Å². The molecule has 4 rings (SSSR count). The van der Waals surface area contributed by atoms with E-state index in [-0.39, 0.29) is 10.9 Å². The third-order valence-corrected chi connectivity index (χ3v) is 5.95. The molecule has 142 valence electrons. The first-order valence-corrected chi connectivity index (χ1v) is 10.5. The lowest BCUT2D eigenvalue weighted by Gasteiger charge is -2.04. The van der Waals surface area contributed by atoms with Crippen LogP contribution in [0.15, 0.2) is 77.0 Å². The molecule has 0 aliphatic rings. The summed E-state index contributed by atoms with van der Waals surface area (Å²) < 4.78 is 37.0. The van der Waals surface area contributed by atoms with Crippen LogP contribution in [0.3, 0.4) is 0 Å². The van der Waals surface area contributed by atoms with Gasteiger partial charge in [-0.3, -0.25) is 0 Å². The summed E-state index contributed by atoms with van der Waals surface area (Å²) in [5.74, 6) is 1.05. The minimum atomic E-state index is -4.08. The van der Waals surface area contributed by atoms with Gasteiger partial charge in [0.25, 0.3) is 0 Å². The smallest absolute Gasteiger partial charge is 0.352 e. The topological polar surface area (TPSA) is 83.3 Å². The first-order chi connectivity index (χ1) is 13.6. The van der Waals surface area contributed by atoms with Gasteiger partial charge < -0.3 is 8.92 Å². The Labute approximate surface area is 165 Å². The summed E-state index contributed by atoms with van der Waals surface area (Å²) in [6.07, 6.45) is 0. The lowest BCUT2D eigenvalue weighted by atomic mass is 10.3. The van der Waals surface area contributed by atoms with Crippen LogP contribution in [0, 0.1) is 0 Å². The Morgan fingerprint density at radius 3 is 2.36 bits per heavy atom. The van der Waals surface area contributed by atoms with E-state index in [1.807, 2.05) is 47.8 Å². The molecular formula is C19H15N3O4S2. The zero-order valence-electron chi connectivity index (χ0n) is 14.7. The summed E-state index contributed by atoms with van der Waals surface area (Å²) in [7, 11) is -2.58. The molecular weight excluding hydrogens is 398 g/mol. The molecule has 7 nitrogen and oxygen atoms in total. The molecule has 0 aliphatic carbocycles. The lowest BCUT2D eigenvalue weighted by molar-refractivity contribution is 0.414. The van der Waals surface area contributed by atoms with E-state index in [9.17, 15) is 8.42 Å². The number of aromatic nitrogens is 3. The molecule has 0 atom stereocenters. The molecule has 4 aromatic rings. The fourth-order valence-corrected chi connectivity index (χ4v) is 4.06. The van der Waals surface area contributed by atoms with Crippen molar-refractivity contribution in [1.29, 1.82) is 0 Å². The van der Waals surface area contributed by atoms with Crippen LogP contribution in [-0.4, -0.2) is 30.3 Å². The fraction of sp³-hybridized carbons (Fsp3) is 0.0526. The molecule has 0 radical (unpaired) electrons. The monoisotopic (exact) mass is 413 g/mol. The van der Waals surface area contributed by atoms with Crippen molar-refractivity contribution in [2.45, 2.75) is 4.90 Å². The van der Waals surface area contributed by atoms with Crippen molar-refractivity contribution in [3.8, 4) is 28.1 Å². The molecule has 0 unspecified atom stereocenters. The van der Waals surface area contributed by atoms with Crippen LogP contribution in [0.5, 0.6) is 11.8 Å². The van der Waals surface area contributed by atoms with Gasteiger partial charge in [-0.2, -0.15) is 13.4 Å². The zero-order chi connectivity index (χ0) is 19.6. The highest BCUT2D eigenvalue weighted by Gasteiger charge is 2.22. The summed E-state index contributed by atoms with van der Waals surface area (Å²) in [4.78, 5) is 5.14. The highest BCUT2D eigenvalue weighted by Crippen LogP contribution is 2.28. The summed E-state index contributed by atoms with van der Waals surface area (Å²) >= 11 is 1.47. The quantitative estimate of drug-likeness (QED) is 0.448. The minimum absolute atomic E-state index is 0.0120. The largest absolute Gasteiger partial charge is 0.497 e. The molecule has 0 saturated carbocycles. The number of thiophene rings is 1. The maximum Gasteiger partial charge on any atom is 0.352 e. The number of para-hydroxylation sites is 1. The second kappa shape index (κ2) is 7.45. The number of nitrogens with zero attached hydrogens (tertiary/aromatic N) is 3. The maximum absolute atomic E-state index is 12.6. The Morgan fingerprint density at radius 1 is 0.964 bits per heavy atom. The number of methoxy groups -OCH3 is 1. The van der Waals surface area contributed by atoms with Gasteiger partial charge in [0.2, 0.25) is 0 Å². The predicted octanol–water partition coefficient (Wildman–Crippen LogP) is 3.77. The lowest BCUT2D eigenvalue weighted by Crippen LogP contribution is -2.11. The minimum Gasteiger partial charge on any atom is -0.497 e. The summed E-state index contributed by atoms with van der Waals surface area (Å²) in [5.41, 5.74) is 0.745. The first kappa shape index (κ1) is 18.2. The van der Waals surface area contributed by atoms with Crippen molar-refractivity contribution < 1.29 is 17.3 Å². The van der Waals surface area contributed by atoms with E-state index in [0.717, 1.165) is 10.6 Å². The second-order valence-corrected chi connectivity index (χ2v) is 8.15. The van der Waals surface area contributed by atoms with E-state index in [4.69, 9.17) is 8.92 Å². The zero-order valence-corrected chi connectivity index (χ0v) is 16.4. The molecule has 0 aliphatic heterocycles. The van der Waals surface area contributed by atoms with Crippen LogP contribution in [0.4, 0.5) is 0 Å². The van der Waals surface area contributed by atoms with Crippen LogP contribution in [-0.2, 0) is 10.1 Å². The van der Waals surface area contributed by atoms with E-state index < -0.39 is 10.1 Å². The average molecular weight is 413 g/mol. The molecule has 0 saturated heterocycles. The first-order valence-electron chi connectivity index (χ1n) is 8.22. The third kappa shape index (κ3) is 3.62. The fourth-order valence-electron chi connectivity index (χ4n) is 2.53. The number of rotatable bonds is 6. The second-order valence-electron chi connectivity index (χ2n) is 5.66. The SMILES string of the molecule is COc1ccc(S(=O)(=O)Oc2nc(-c3cccs3)n(-c3ccccc3)n2)cc1. The highest BCUT2D eigenvalue weighted by molar-refractivity contribution is 7.87. The van der Waals surface area contributed by atoms with Gasteiger partial charge in [-0.1, -0.05) is 24.3 Å². The molecule has 28 heavy (non-hydrogen) atoms. The molecule has 0 spiro atoms. The van der Waals surface area contributed by atoms with Crippen LogP contribution in [0.1, 0.15) is 0 Å². The Bertz CT molecular complexity index is 1170. The van der Waals surface area contributed by atoms with Crippen molar-refractivity contribution >= 4 is 21.5 Å². The van der Waals surface area contributed by atoms with Crippen LogP contribution < -0.4 is 8.92 Å². The summed E-state index contributed by atoms with van der Waals surface area (Å²) in [6, 6.07) is 18.8. The van der Waals surface area contributed by atoms with Crippen molar-refractivity contribution in [3.05, 3.63) is 72.1 Å². The molecule has 0 amide bonds. The van der Waals surface area contributed by atoms with Crippen molar-refractivity contribution in [3.63, 3.8) is 0 Å². The normalized spacial score (nSPS) is 11.3. The molecule has 9 heteroatoms. The molecule has 2 aromatic heterocycles. The highest BCUT2D eigenvalue weighted by atomic mass is 32.2. The molecule has 2 aromatic carbocycles.